The standard InChI is InChI=1S/C25H35N3O3S/c1-3-32-25-20(4-5-21(26-25)28-7-6-15(14-28)13-22(29)31-2)24(30)27-23-18-9-16-8-17(11-18)12-19(23)10-16/h4-5,15-19,23H,3,6-14H2,1-2H3,(H,27,30). The van der Waals surface area contributed by atoms with E-state index >= 15 is 0 Å². The number of hydrogen-bond acceptors (Lipinski definition) is 6. The molecule has 0 radical (unpaired) electrons. The maximum Gasteiger partial charge on any atom is 0.305 e. The van der Waals surface area contributed by atoms with Gasteiger partial charge in [0, 0.05) is 19.1 Å². The average molecular weight is 458 g/mol. The fourth-order valence-corrected chi connectivity index (χ4v) is 7.69. The summed E-state index contributed by atoms with van der Waals surface area (Å²) in [5.74, 6) is 5.11. The summed E-state index contributed by atoms with van der Waals surface area (Å²) in [6.07, 6.45) is 8.03. The van der Waals surface area contributed by atoms with E-state index in [0.29, 0.717) is 35.8 Å². The predicted molar refractivity (Wildman–Crippen MR) is 126 cm³/mol. The summed E-state index contributed by atoms with van der Waals surface area (Å²) in [4.78, 5) is 32.1. The molecular formula is C25H35N3O3S. The molecule has 1 amide bonds. The van der Waals surface area contributed by atoms with E-state index < -0.39 is 0 Å². The first-order valence-corrected chi connectivity index (χ1v) is 13.3. The molecule has 1 atom stereocenters. The Hall–Kier alpha value is -1.76. The van der Waals surface area contributed by atoms with Crippen molar-refractivity contribution in [1.82, 2.24) is 10.3 Å². The highest BCUT2D eigenvalue weighted by Crippen LogP contribution is 2.53. The highest BCUT2D eigenvalue weighted by Gasteiger charge is 2.48. The smallest absolute Gasteiger partial charge is 0.305 e. The molecule has 0 spiro atoms. The molecule has 32 heavy (non-hydrogen) atoms. The number of nitrogens with zero attached hydrogens (tertiary/aromatic N) is 2. The topological polar surface area (TPSA) is 71.5 Å². The maximum atomic E-state index is 13.3. The summed E-state index contributed by atoms with van der Waals surface area (Å²) in [5.41, 5.74) is 0.708. The van der Waals surface area contributed by atoms with Crippen molar-refractivity contribution < 1.29 is 14.3 Å². The van der Waals surface area contributed by atoms with Crippen molar-refractivity contribution in [1.29, 1.82) is 0 Å². The Kier molecular flexibility index (Phi) is 6.37. The molecule has 4 bridgehead atoms. The number of carbonyl (C=O) groups excluding carboxylic acids is 2. The number of nitrogens with one attached hydrogen (secondary N) is 1. The van der Waals surface area contributed by atoms with E-state index in [1.54, 1.807) is 11.8 Å². The van der Waals surface area contributed by atoms with E-state index in [4.69, 9.17) is 9.72 Å². The zero-order chi connectivity index (χ0) is 22.2. The van der Waals surface area contributed by atoms with Crippen LogP contribution in [-0.4, -0.2) is 48.9 Å². The summed E-state index contributed by atoms with van der Waals surface area (Å²) < 4.78 is 4.82. The second kappa shape index (κ2) is 9.24. The van der Waals surface area contributed by atoms with Gasteiger partial charge >= 0.3 is 5.97 Å². The molecule has 6 nitrogen and oxygen atoms in total. The van der Waals surface area contributed by atoms with Crippen LogP contribution in [0.25, 0.3) is 0 Å². The van der Waals surface area contributed by atoms with Gasteiger partial charge < -0.3 is 15.0 Å². The Labute approximate surface area is 195 Å². The van der Waals surface area contributed by atoms with E-state index in [2.05, 4.69) is 17.1 Å². The third kappa shape index (κ3) is 4.37. The lowest BCUT2D eigenvalue weighted by Gasteiger charge is -2.54. The molecule has 1 saturated heterocycles. The molecule has 5 aliphatic rings. The van der Waals surface area contributed by atoms with E-state index in [9.17, 15) is 9.59 Å². The molecule has 7 heteroatoms. The lowest BCUT2D eigenvalue weighted by Crippen LogP contribution is -2.55. The van der Waals surface area contributed by atoms with Crippen LogP contribution in [0.5, 0.6) is 0 Å². The second-order valence-electron chi connectivity index (χ2n) is 10.3. The normalized spacial score (nSPS) is 32.9. The second-order valence-corrected chi connectivity index (χ2v) is 11.5. The minimum atomic E-state index is -0.149. The summed E-state index contributed by atoms with van der Waals surface area (Å²) in [5, 5.41) is 4.27. The maximum absolute atomic E-state index is 13.3. The van der Waals surface area contributed by atoms with Crippen LogP contribution in [0.3, 0.4) is 0 Å². The zero-order valence-electron chi connectivity index (χ0n) is 19.2. The van der Waals surface area contributed by atoms with Crippen LogP contribution < -0.4 is 10.2 Å². The number of thioether (sulfide) groups is 1. The number of methoxy groups -OCH3 is 1. The van der Waals surface area contributed by atoms with Gasteiger partial charge in [0.2, 0.25) is 0 Å². The third-order valence-corrected chi connectivity index (χ3v) is 9.06. The van der Waals surface area contributed by atoms with Crippen molar-refractivity contribution in [3.8, 4) is 0 Å². The number of carbonyl (C=O) groups is 2. The van der Waals surface area contributed by atoms with Crippen LogP contribution >= 0.6 is 11.8 Å². The molecule has 0 aromatic carbocycles. The minimum absolute atomic E-state index is 0.0439. The minimum Gasteiger partial charge on any atom is -0.469 e. The molecule has 1 aliphatic heterocycles. The SMILES string of the molecule is CCSc1nc(N2CCC(CC(=O)OC)C2)ccc1C(=O)NC1C2CC3CC(C2)CC1C3. The van der Waals surface area contributed by atoms with Crippen molar-refractivity contribution in [3.05, 3.63) is 17.7 Å². The fourth-order valence-electron chi connectivity index (χ4n) is 6.94. The van der Waals surface area contributed by atoms with Crippen molar-refractivity contribution in [2.24, 2.45) is 29.6 Å². The van der Waals surface area contributed by atoms with Crippen molar-refractivity contribution in [2.75, 3.05) is 30.9 Å². The Morgan fingerprint density at radius 2 is 1.88 bits per heavy atom. The van der Waals surface area contributed by atoms with Crippen molar-refractivity contribution in [3.63, 3.8) is 0 Å². The first kappa shape index (κ1) is 22.1. The van der Waals surface area contributed by atoms with Gasteiger partial charge in [-0.25, -0.2) is 4.98 Å². The Morgan fingerprint density at radius 1 is 1.16 bits per heavy atom. The predicted octanol–water partition coefficient (Wildman–Crippen LogP) is 4.14. The number of rotatable bonds is 7. The summed E-state index contributed by atoms with van der Waals surface area (Å²) >= 11 is 1.64. The van der Waals surface area contributed by atoms with Gasteiger partial charge in [0.25, 0.3) is 5.91 Å². The number of ether oxygens (including phenoxy) is 1. The van der Waals surface area contributed by atoms with Crippen LogP contribution in [-0.2, 0) is 9.53 Å². The first-order chi connectivity index (χ1) is 15.5. The molecule has 2 heterocycles. The monoisotopic (exact) mass is 457 g/mol. The van der Waals surface area contributed by atoms with Crippen LogP contribution in [0, 0.1) is 29.6 Å². The van der Waals surface area contributed by atoms with Gasteiger partial charge in [-0.2, -0.15) is 0 Å². The highest BCUT2D eigenvalue weighted by atomic mass is 32.2. The van der Waals surface area contributed by atoms with Gasteiger partial charge in [0.05, 0.1) is 19.1 Å². The first-order valence-electron chi connectivity index (χ1n) is 12.3. The molecule has 4 aliphatic carbocycles. The van der Waals surface area contributed by atoms with Gasteiger partial charge in [-0.3, -0.25) is 9.59 Å². The summed E-state index contributed by atoms with van der Waals surface area (Å²) in [7, 11) is 1.44. The van der Waals surface area contributed by atoms with E-state index in [1.807, 2.05) is 12.1 Å². The quantitative estimate of drug-likeness (QED) is 0.490. The fraction of sp³-hybridized carbons (Fsp3) is 0.720. The molecule has 5 fully saturated rings. The van der Waals surface area contributed by atoms with Gasteiger partial charge in [-0.1, -0.05) is 6.92 Å². The third-order valence-electron chi connectivity index (χ3n) is 8.19. The number of esters is 1. The van der Waals surface area contributed by atoms with Gasteiger partial charge in [-0.15, -0.1) is 11.8 Å². The molecule has 1 aromatic rings. The van der Waals surface area contributed by atoms with Gasteiger partial charge in [-0.05, 0) is 86.0 Å². The Bertz CT molecular complexity index is 848. The number of amides is 1. The van der Waals surface area contributed by atoms with E-state index in [1.165, 1.54) is 39.2 Å². The van der Waals surface area contributed by atoms with E-state index in [0.717, 1.165) is 47.9 Å². The van der Waals surface area contributed by atoms with Crippen LogP contribution in [0.15, 0.2) is 17.2 Å². The van der Waals surface area contributed by atoms with Crippen LogP contribution in [0.1, 0.15) is 62.2 Å². The molecule has 1 N–H and O–H groups in total. The molecular weight excluding hydrogens is 422 g/mol. The van der Waals surface area contributed by atoms with Gasteiger partial charge in [0.1, 0.15) is 10.8 Å². The van der Waals surface area contributed by atoms with Crippen molar-refractivity contribution in [2.45, 2.75) is 62.9 Å². The Balaban J connectivity index is 1.28. The molecule has 174 valence electrons. The summed E-state index contributed by atoms with van der Waals surface area (Å²) in [6.45, 7) is 3.78. The molecule has 4 saturated carbocycles. The lowest BCUT2D eigenvalue weighted by molar-refractivity contribution is -0.141. The molecule has 1 unspecified atom stereocenters. The summed E-state index contributed by atoms with van der Waals surface area (Å²) in [6, 6.07) is 4.28. The molecule has 1 aromatic heterocycles. The van der Waals surface area contributed by atoms with Crippen LogP contribution in [0.4, 0.5) is 5.82 Å². The number of pyridine rings is 1. The zero-order valence-corrected chi connectivity index (χ0v) is 20.0. The number of anilines is 1. The van der Waals surface area contributed by atoms with Crippen LogP contribution in [0.2, 0.25) is 0 Å². The van der Waals surface area contributed by atoms with Crippen molar-refractivity contribution >= 4 is 29.5 Å². The number of aromatic nitrogens is 1. The largest absolute Gasteiger partial charge is 0.469 e. The highest BCUT2D eigenvalue weighted by molar-refractivity contribution is 7.99. The Morgan fingerprint density at radius 3 is 2.53 bits per heavy atom. The number of hydrogen-bond donors (Lipinski definition) is 1. The van der Waals surface area contributed by atoms with Gasteiger partial charge in [0.15, 0.2) is 0 Å². The molecule has 6 rings (SSSR count). The van der Waals surface area contributed by atoms with E-state index in [-0.39, 0.29) is 11.9 Å². The lowest BCUT2D eigenvalue weighted by atomic mass is 9.54. The average Bonchev–Trinajstić information content (AvgIpc) is 3.24.